The second kappa shape index (κ2) is 7.25. The molecule has 1 amide bonds. The van der Waals surface area contributed by atoms with E-state index in [0.29, 0.717) is 6.04 Å². The lowest BCUT2D eigenvalue weighted by atomic mass is 9.87. The molecular weight excluding hydrogens is 238 g/mol. The van der Waals surface area contributed by atoms with Gasteiger partial charge < -0.3 is 16.0 Å². The molecule has 1 saturated heterocycles. The molecule has 4 nitrogen and oxygen atoms in total. The van der Waals surface area contributed by atoms with E-state index in [-0.39, 0.29) is 11.3 Å². The third kappa shape index (κ3) is 5.49. The van der Waals surface area contributed by atoms with E-state index < -0.39 is 6.04 Å². The van der Waals surface area contributed by atoms with Gasteiger partial charge in [-0.15, -0.1) is 0 Å². The van der Waals surface area contributed by atoms with Crippen LogP contribution in [-0.2, 0) is 4.79 Å². The maximum atomic E-state index is 11.9. The molecule has 19 heavy (non-hydrogen) atoms. The van der Waals surface area contributed by atoms with Gasteiger partial charge in [-0.25, -0.2) is 0 Å². The minimum absolute atomic E-state index is 0.0285. The quantitative estimate of drug-likeness (QED) is 0.748. The van der Waals surface area contributed by atoms with Crippen molar-refractivity contribution in [2.45, 2.75) is 65.5 Å². The zero-order chi connectivity index (χ0) is 14.5. The molecule has 0 aliphatic carbocycles. The summed E-state index contributed by atoms with van der Waals surface area (Å²) in [5, 5.41) is 2.95. The van der Waals surface area contributed by atoms with Crippen LogP contribution in [-0.4, -0.2) is 42.5 Å². The molecule has 2 atom stereocenters. The summed E-state index contributed by atoms with van der Waals surface area (Å²) in [4.78, 5) is 14.4. The Hall–Kier alpha value is -0.610. The lowest BCUT2D eigenvalue weighted by Crippen LogP contribution is -2.49. The normalized spacial score (nSPS) is 23.1. The molecule has 0 saturated carbocycles. The van der Waals surface area contributed by atoms with Gasteiger partial charge in [0, 0.05) is 19.1 Å². The first-order chi connectivity index (χ1) is 8.82. The average molecular weight is 269 g/mol. The van der Waals surface area contributed by atoms with Crippen molar-refractivity contribution < 1.29 is 4.79 Å². The molecule has 0 spiro atoms. The molecule has 1 heterocycles. The summed E-state index contributed by atoms with van der Waals surface area (Å²) < 4.78 is 0. The summed E-state index contributed by atoms with van der Waals surface area (Å²) in [5.41, 5.74) is 5.74. The highest BCUT2D eigenvalue weighted by molar-refractivity contribution is 5.82. The molecule has 0 aromatic carbocycles. The van der Waals surface area contributed by atoms with Crippen LogP contribution in [0.25, 0.3) is 0 Å². The number of nitrogens with two attached hydrogens (primary N) is 1. The minimum atomic E-state index is -0.429. The zero-order valence-corrected chi connectivity index (χ0v) is 13.0. The third-order valence-corrected chi connectivity index (χ3v) is 4.08. The van der Waals surface area contributed by atoms with Crippen molar-refractivity contribution in [2.24, 2.45) is 11.1 Å². The fourth-order valence-corrected chi connectivity index (χ4v) is 2.49. The van der Waals surface area contributed by atoms with Crippen LogP contribution in [0.5, 0.6) is 0 Å². The molecule has 4 heteroatoms. The van der Waals surface area contributed by atoms with Gasteiger partial charge in [0.05, 0.1) is 6.04 Å². The van der Waals surface area contributed by atoms with Crippen LogP contribution in [0.2, 0.25) is 0 Å². The molecule has 112 valence electrons. The summed E-state index contributed by atoms with van der Waals surface area (Å²) in [5.74, 6) is -0.0285. The smallest absolute Gasteiger partial charge is 0.237 e. The molecule has 3 N–H and O–H groups in total. The monoisotopic (exact) mass is 269 g/mol. The second-order valence-electron chi connectivity index (χ2n) is 6.87. The first-order valence-corrected chi connectivity index (χ1v) is 7.59. The Balaban J connectivity index is 2.18. The average Bonchev–Trinajstić information content (AvgIpc) is 2.34. The van der Waals surface area contributed by atoms with E-state index in [1.807, 2.05) is 20.8 Å². The van der Waals surface area contributed by atoms with Gasteiger partial charge in [-0.1, -0.05) is 27.2 Å². The summed E-state index contributed by atoms with van der Waals surface area (Å²) in [7, 11) is 0. The first kappa shape index (κ1) is 16.4. The number of amides is 1. The van der Waals surface area contributed by atoms with Gasteiger partial charge in [0.25, 0.3) is 0 Å². The summed E-state index contributed by atoms with van der Waals surface area (Å²) in [6.07, 6.45) is 4.98. The number of likely N-dealkylation sites (tertiary alicyclic amines) is 1. The van der Waals surface area contributed by atoms with Gasteiger partial charge in [-0.05, 0) is 38.1 Å². The van der Waals surface area contributed by atoms with E-state index in [4.69, 9.17) is 5.73 Å². The lowest BCUT2D eigenvalue weighted by Gasteiger charge is -2.33. The molecule has 1 fully saturated rings. The highest BCUT2D eigenvalue weighted by Gasteiger charge is 2.27. The Morgan fingerprint density at radius 3 is 2.68 bits per heavy atom. The Bertz CT molecular complexity index is 286. The van der Waals surface area contributed by atoms with Crippen LogP contribution in [0.4, 0.5) is 0 Å². The van der Waals surface area contributed by atoms with E-state index in [1.54, 1.807) is 0 Å². The lowest BCUT2D eigenvalue weighted by molar-refractivity contribution is -0.124. The zero-order valence-electron chi connectivity index (χ0n) is 13.0. The van der Waals surface area contributed by atoms with Crippen molar-refractivity contribution in [2.75, 3.05) is 19.6 Å². The van der Waals surface area contributed by atoms with Gasteiger partial charge >= 0.3 is 0 Å². The molecule has 1 aliphatic heterocycles. The SMILES string of the molecule is CC1CCCCN1CCCNC(=O)[C@@H](N)C(C)(C)C. The number of nitrogens with zero attached hydrogens (tertiary/aromatic N) is 1. The number of hydrogen-bond acceptors (Lipinski definition) is 3. The van der Waals surface area contributed by atoms with Crippen molar-refractivity contribution in [3.8, 4) is 0 Å². The van der Waals surface area contributed by atoms with Crippen LogP contribution in [0.15, 0.2) is 0 Å². The molecule has 0 bridgehead atoms. The molecule has 0 aromatic rings. The number of carbonyl (C=O) groups is 1. The Morgan fingerprint density at radius 1 is 1.42 bits per heavy atom. The van der Waals surface area contributed by atoms with Crippen LogP contribution in [0, 0.1) is 5.41 Å². The number of hydrogen-bond donors (Lipinski definition) is 2. The van der Waals surface area contributed by atoms with Gasteiger partial charge in [0.1, 0.15) is 0 Å². The van der Waals surface area contributed by atoms with Crippen LogP contribution >= 0.6 is 0 Å². The van der Waals surface area contributed by atoms with Crippen molar-refractivity contribution in [3.05, 3.63) is 0 Å². The Morgan fingerprint density at radius 2 is 2.11 bits per heavy atom. The largest absolute Gasteiger partial charge is 0.355 e. The maximum absolute atomic E-state index is 11.9. The molecule has 0 radical (unpaired) electrons. The summed E-state index contributed by atoms with van der Waals surface area (Å²) in [6, 6.07) is 0.266. The fraction of sp³-hybridized carbons (Fsp3) is 0.933. The van der Waals surface area contributed by atoms with Crippen molar-refractivity contribution in [1.82, 2.24) is 10.2 Å². The van der Waals surface area contributed by atoms with E-state index >= 15 is 0 Å². The highest BCUT2D eigenvalue weighted by Crippen LogP contribution is 2.17. The summed E-state index contributed by atoms with van der Waals surface area (Å²) >= 11 is 0. The molecule has 1 rings (SSSR count). The Labute approximate surface area is 118 Å². The van der Waals surface area contributed by atoms with Crippen molar-refractivity contribution in [3.63, 3.8) is 0 Å². The predicted octanol–water partition coefficient (Wildman–Crippen LogP) is 1.74. The third-order valence-electron chi connectivity index (χ3n) is 4.08. The number of carbonyl (C=O) groups excluding carboxylic acids is 1. The van der Waals surface area contributed by atoms with E-state index in [0.717, 1.165) is 19.5 Å². The topological polar surface area (TPSA) is 58.4 Å². The maximum Gasteiger partial charge on any atom is 0.237 e. The number of piperidine rings is 1. The predicted molar refractivity (Wildman–Crippen MR) is 79.9 cm³/mol. The number of rotatable bonds is 5. The van der Waals surface area contributed by atoms with Crippen LogP contribution in [0.1, 0.15) is 53.4 Å². The highest BCUT2D eigenvalue weighted by atomic mass is 16.2. The number of nitrogens with one attached hydrogen (secondary N) is 1. The second-order valence-corrected chi connectivity index (χ2v) is 6.87. The van der Waals surface area contributed by atoms with Gasteiger partial charge in [0.15, 0.2) is 0 Å². The molecular formula is C15H31N3O. The van der Waals surface area contributed by atoms with Gasteiger partial charge in [0.2, 0.25) is 5.91 Å². The molecule has 1 aliphatic rings. The van der Waals surface area contributed by atoms with E-state index in [1.165, 1.54) is 25.8 Å². The standard InChI is InChI=1S/C15H31N3O/c1-12-8-5-6-10-18(12)11-7-9-17-14(19)13(16)15(2,3)4/h12-13H,5-11,16H2,1-4H3,(H,17,19)/t12?,13-/m1/s1. The van der Waals surface area contributed by atoms with Crippen molar-refractivity contribution >= 4 is 5.91 Å². The summed E-state index contributed by atoms with van der Waals surface area (Å²) in [6.45, 7) is 11.3. The van der Waals surface area contributed by atoms with Gasteiger partial charge in [-0.2, -0.15) is 0 Å². The van der Waals surface area contributed by atoms with E-state index in [9.17, 15) is 4.79 Å². The van der Waals surface area contributed by atoms with Crippen LogP contribution in [0.3, 0.4) is 0 Å². The first-order valence-electron chi connectivity index (χ1n) is 7.59. The van der Waals surface area contributed by atoms with E-state index in [2.05, 4.69) is 17.1 Å². The fourth-order valence-electron chi connectivity index (χ4n) is 2.49. The van der Waals surface area contributed by atoms with Crippen molar-refractivity contribution in [1.29, 1.82) is 0 Å². The molecule has 0 aromatic heterocycles. The van der Waals surface area contributed by atoms with Crippen LogP contribution < -0.4 is 11.1 Å². The Kier molecular flexibility index (Phi) is 6.27. The van der Waals surface area contributed by atoms with Gasteiger partial charge in [-0.3, -0.25) is 4.79 Å². The molecule has 1 unspecified atom stereocenters. The minimum Gasteiger partial charge on any atom is -0.355 e.